The number of hydrogen-bond acceptors (Lipinski definition) is 3. The monoisotopic (exact) mass is 144 g/mol. The van der Waals surface area contributed by atoms with Crippen molar-refractivity contribution in [3.05, 3.63) is 0 Å². The highest BCUT2D eigenvalue weighted by atomic mass is 16.6. The van der Waals surface area contributed by atoms with Gasteiger partial charge in [0.2, 0.25) is 0 Å². The van der Waals surface area contributed by atoms with E-state index in [-0.39, 0.29) is 6.10 Å². The van der Waals surface area contributed by atoms with Gasteiger partial charge in [-0.3, -0.25) is 0 Å². The van der Waals surface area contributed by atoms with Crippen LogP contribution in [-0.4, -0.2) is 36.6 Å². The molecule has 0 amide bonds. The van der Waals surface area contributed by atoms with E-state index in [0.717, 1.165) is 12.8 Å². The maximum atomic E-state index is 9.55. The zero-order valence-electron chi connectivity index (χ0n) is 5.88. The van der Waals surface area contributed by atoms with Crippen molar-refractivity contribution in [3.8, 4) is 0 Å². The average Bonchev–Trinajstić information content (AvgIpc) is 2.72. The van der Waals surface area contributed by atoms with Gasteiger partial charge in [0.1, 0.15) is 6.10 Å². The van der Waals surface area contributed by atoms with Crippen molar-refractivity contribution >= 4 is 0 Å². The summed E-state index contributed by atoms with van der Waals surface area (Å²) in [6, 6.07) is 0. The third kappa shape index (κ3) is 1.05. The van der Waals surface area contributed by atoms with Gasteiger partial charge in [0.15, 0.2) is 0 Å². The van der Waals surface area contributed by atoms with Gasteiger partial charge in [-0.2, -0.15) is 0 Å². The fourth-order valence-electron chi connectivity index (χ4n) is 1.25. The molecular formula is C7H12O3. The van der Waals surface area contributed by atoms with Crippen LogP contribution in [0.3, 0.4) is 0 Å². The van der Waals surface area contributed by atoms with Crippen LogP contribution in [-0.2, 0) is 9.47 Å². The summed E-state index contributed by atoms with van der Waals surface area (Å²) in [5.74, 6) is 0. The Balaban J connectivity index is 1.91. The zero-order valence-corrected chi connectivity index (χ0v) is 5.88. The molecule has 0 bridgehead atoms. The highest BCUT2D eigenvalue weighted by Gasteiger charge is 2.49. The molecule has 1 aliphatic carbocycles. The van der Waals surface area contributed by atoms with Gasteiger partial charge in [-0.15, -0.1) is 0 Å². The molecule has 1 saturated heterocycles. The Hall–Kier alpha value is -0.120. The van der Waals surface area contributed by atoms with Gasteiger partial charge in [-0.05, 0) is 12.8 Å². The second-order valence-electron chi connectivity index (χ2n) is 3.04. The van der Waals surface area contributed by atoms with Crippen molar-refractivity contribution in [1.82, 2.24) is 0 Å². The minimum absolute atomic E-state index is 0.0544. The highest BCUT2D eigenvalue weighted by molar-refractivity contribution is 5.00. The molecule has 0 spiro atoms. The molecule has 2 fully saturated rings. The summed E-state index contributed by atoms with van der Waals surface area (Å²) in [7, 11) is 0. The molecule has 2 aliphatic rings. The van der Waals surface area contributed by atoms with E-state index in [2.05, 4.69) is 0 Å². The van der Waals surface area contributed by atoms with Crippen LogP contribution in [0.2, 0.25) is 0 Å². The van der Waals surface area contributed by atoms with Gasteiger partial charge < -0.3 is 14.6 Å². The van der Waals surface area contributed by atoms with E-state index in [4.69, 9.17) is 9.47 Å². The summed E-state index contributed by atoms with van der Waals surface area (Å²) >= 11 is 0. The number of aliphatic hydroxyl groups is 1. The lowest BCUT2D eigenvalue weighted by molar-refractivity contribution is -0.141. The molecule has 1 atom stereocenters. The van der Waals surface area contributed by atoms with Crippen molar-refractivity contribution < 1.29 is 14.6 Å². The Morgan fingerprint density at radius 1 is 1.30 bits per heavy atom. The smallest absolute Gasteiger partial charge is 0.110 e. The second kappa shape index (κ2) is 2.19. The van der Waals surface area contributed by atoms with Crippen LogP contribution in [0.5, 0.6) is 0 Å². The van der Waals surface area contributed by atoms with Crippen molar-refractivity contribution in [2.24, 2.45) is 0 Å². The summed E-state index contributed by atoms with van der Waals surface area (Å²) in [5, 5.41) is 9.55. The molecule has 0 radical (unpaired) electrons. The summed E-state index contributed by atoms with van der Waals surface area (Å²) in [5.41, 5.74) is -0.527. The molecule has 1 saturated carbocycles. The van der Waals surface area contributed by atoms with E-state index in [1.807, 2.05) is 0 Å². The standard InChI is InChI=1S/C7H12O3/c8-7(1-2-7)6-5-9-3-4-10-6/h6,8H,1-5H2. The van der Waals surface area contributed by atoms with Crippen molar-refractivity contribution in [3.63, 3.8) is 0 Å². The Kier molecular flexibility index (Phi) is 1.44. The molecular weight excluding hydrogens is 132 g/mol. The molecule has 3 heteroatoms. The van der Waals surface area contributed by atoms with Gasteiger partial charge in [0.05, 0.1) is 25.4 Å². The SMILES string of the molecule is OC1(C2COCCO2)CC1. The first kappa shape index (κ1) is 6.58. The zero-order chi connectivity index (χ0) is 7.03. The molecule has 58 valence electrons. The van der Waals surface area contributed by atoms with Crippen molar-refractivity contribution in [2.45, 2.75) is 24.5 Å². The molecule has 1 unspecified atom stereocenters. The molecule has 10 heavy (non-hydrogen) atoms. The minimum Gasteiger partial charge on any atom is -0.387 e. The number of hydrogen-bond donors (Lipinski definition) is 1. The van der Waals surface area contributed by atoms with Crippen LogP contribution < -0.4 is 0 Å². The maximum Gasteiger partial charge on any atom is 0.110 e. The fourth-order valence-corrected chi connectivity index (χ4v) is 1.25. The lowest BCUT2D eigenvalue weighted by atomic mass is 10.2. The van der Waals surface area contributed by atoms with Gasteiger partial charge in [0, 0.05) is 0 Å². The van der Waals surface area contributed by atoms with Crippen LogP contribution in [0.4, 0.5) is 0 Å². The second-order valence-corrected chi connectivity index (χ2v) is 3.04. The Morgan fingerprint density at radius 2 is 2.10 bits per heavy atom. The molecule has 3 nitrogen and oxygen atoms in total. The lowest BCUT2D eigenvalue weighted by Crippen LogP contribution is -2.39. The third-order valence-corrected chi connectivity index (χ3v) is 2.18. The van der Waals surface area contributed by atoms with Crippen LogP contribution >= 0.6 is 0 Å². The molecule has 1 N–H and O–H groups in total. The normalized spacial score (nSPS) is 37.5. The summed E-state index contributed by atoms with van der Waals surface area (Å²) < 4.78 is 10.5. The fraction of sp³-hybridized carbons (Fsp3) is 1.00. The van der Waals surface area contributed by atoms with E-state index in [1.54, 1.807) is 0 Å². The van der Waals surface area contributed by atoms with Crippen LogP contribution in [0.25, 0.3) is 0 Å². The minimum atomic E-state index is -0.527. The molecule has 0 aromatic heterocycles. The first-order valence-electron chi connectivity index (χ1n) is 3.73. The lowest BCUT2D eigenvalue weighted by Gasteiger charge is -2.26. The Morgan fingerprint density at radius 3 is 2.60 bits per heavy atom. The first-order valence-corrected chi connectivity index (χ1v) is 3.73. The van der Waals surface area contributed by atoms with Gasteiger partial charge >= 0.3 is 0 Å². The van der Waals surface area contributed by atoms with E-state index in [1.165, 1.54) is 0 Å². The van der Waals surface area contributed by atoms with Crippen LogP contribution in [0.1, 0.15) is 12.8 Å². The Bertz CT molecular complexity index is 125. The first-order chi connectivity index (χ1) is 4.81. The Labute approximate surface area is 59.9 Å². The van der Waals surface area contributed by atoms with E-state index >= 15 is 0 Å². The molecule has 0 aromatic carbocycles. The van der Waals surface area contributed by atoms with E-state index in [0.29, 0.717) is 19.8 Å². The number of rotatable bonds is 1. The maximum absolute atomic E-state index is 9.55. The molecule has 1 aliphatic heterocycles. The third-order valence-electron chi connectivity index (χ3n) is 2.18. The summed E-state index contributed by atoms with van der Waals surface area (Å²) in [6.45, 7) is 1.87. The quantitative estimate of drug-likeness (QED) is 0.559. The summed E-state index contributed by atoms with van der Waals surface area (Å²) in [4.78, 5) is 0. The highest BCUT2D eigenvalue weighted by Crippen LogP contribution is 2.40. The van der Waals surface area contributed by atoms with E-state index in [9.17, 15) is 5.11 Å². The predicted octanol–water partition coefficient (Wildman–Crippen LogP) is -0.0733. The predicted molar refractivity (Wildman–Crippen MR) is 34.7 cm³/mol. The van der Waals surface area contributed by atoms with Gasteiger partial charge in [0.25, 0.3) is 0 Å². The largest absolute Gasteiger partial charge is 0.387 e. The molecule has 1 heterocycles. The average molecular weight is 144 g/mol. The molecule has 0 aromatic rings. The number of ether oxygens (including phenoxy) is 2. The van der Waals surface area contributed by atoms with Crippen molar-refractivity contribution in [1.29, 1.82) is 0 Å². The van der Waals surface area contributed by atoms with Gasteiger partial charge in [-0.1, -0.05) is 0 Å². The molecule has 2 rings (SSSR count). The van der Waals surface area contributed by atoms with Gasteiger partial charge in [-0.25, -0.2) is 0 Å². The topological polar surface area (TPSA) is 38.7 Å². The summed E-state index contributed by atoms with van der Waals surface area (Å²) in [6.07, 6.45) is 1.70. The van der Waals surface area contributed by atoms with Crippen LogP contribution in [0.15, 0.2) is 0 Å². The van der Waals surface area contributed by atoms with E-state index < -0.39 is 5.60 Å². The van der Waals surface area contributed by atoms with Crippen LogP contribution in [0, 0.1) is 0 Å². The van der Waals surface area contributed by atoms with Crippen molar-refractivity contribution in [2.75, 3.05) is 19.8 Å².